The largest absolute Gasteiger partial charge is 0.321 e. The van der Waals surface area contributed by atoms with Gasteiger partial charge in [-0.3, -0.25) is 9.78 Å². The average Bonchev–Trinajstić information content (AvgIpc) is 3.05. The topological polar surface area (TPSA) is 42.0 Å². The van der Waals surface area contributed by atoms with Crippen molar-refractivity contribution >= 4 is 29.0 Å². The van der Waals surface area contributed by atoms with Crippen molar-refractivity contribution in [3.63, 3.8) is 0 Å². The van der Waals surface area contributed by atoms with Crippen molar-refractivity contribution in [3.8, 4) is 10.4 Å². The van der Waals surface area contributed by atoms with Crippen molar-refractivity contribution in [2.75, 3.05) is 5.32 Å². The molecule has 3 aromatic rings. The zero-order chi connectivity index (χ0) is 16.1. The minimum atomic E-state index is -0.157. The molecule has 3 rings (SSSR count). The van der Waals surface area contributed by atoms with Gasteiger partial charge in [0, 0.05) is 22.0 Å². The van der Waals surface area contributed by atoms with E-state index in [9.17, 15) is 4.79 Å². The Morgan fingerprint density at radius 3 is 2.74 bits per heavy atom. The van der Waals surface area contributed by atoms with Crippen LogP contribution in [0.3, 0.4) is 0 Å². The molecule has 1 aromatic carbocycles. The van der Waals surface area contributed by atoms with Gasteiger partial charge in [-0.25, -0.2) is 0 Å². The highest BCUT2D eigenvalue weighted by Gasteiger charge is 2.03. The number of aromatic nitrogens is 1. The van der Waals surface area contributed by atoms with Crippen LogP contribution in [0.15, 0.2) is 67.0 Å². The molecular formula is C19H16N2OS. The summed E-state index contributed by atoms with van der Waals surface area (Å²) >= 11 is 1.66. The highest BCUT2D eigenvalue weighted by molar-refractivity contribution is 7.16. The molecule has 0 spiro atoms. The number of carbonyl (C=O) groups is 1. The van der Waals surface area contributed by atoms with Crippen molar-refractivity contribution in [2.24, 2.45) is 0 Å². The summed E-state index contributed by atoms with van der Waals surface area (Å²) in [5.74, 6) is -0.157. The normalized spacial score (nSPS) is 10.8. The molecule has 0 unspecified atom stereocenters. The van der Waals surface area contributed by atoms with Gasteiger partial charge in [0.15, 0.2) is 0 Å². The molecule has 0 fully saturated rings. The summed E-state index contributed by atoms with van der Waals surface area (Å²) in [4.78, 5) is 18.2. The number of aryl methyl sites for hydroxylation is 1. The molecule has 0 aliphatic rings. The summed E-state index contributed by atoms with van der Waals surface area (Å²) in [5, 5.41) is 2.84. The first-order valence-electron chi connectivity index (χ1n) is 7.27. The van der Waals surface area contributed by atoms with E-state index in [0.717, 1.165) is 16.1 Å². The minimum absolute atomic E-state index is 0.157. The maximum atomic E-state index is 12.0. The Labute approximate surface area is 139 Å². The smallest absolute Gasteiger partial charge is 0.248 e. The number of rotatable bonds is 4. The van der Waals surface area contributed by atoms with E-state index in [1.54, 1.807) is 29.8 Å². The van der Waals surface area contributed by atoms with Gasteiger partial charge < -0.3 is 5.32 Å². The van der Waals surface area contributed by atoms with Crippen molar-refractivity contribution < 1.29 is 4.79 Å². The number of benzene rings is 1. The lowest BCUT2D eigenvalue weighted by molar-refractivity contribution is -0.111. The Morgan fingerprint density at radius 2 is 1.96 bits per heavy atom. The highest BCUT2D eigenvalue weighted by Crippen LogP contribution is 2.28. The third kappa shape index (κ3) is 3.93. The lowest BCUT2D eigenvalue weighted by Crippen LogP contribution is -2.08. The predicted octanol–water partition coefficient (Wildman–Crippen LogP) is 4.77. The zero-order valence-corrected chi connectivity index (χ0v) is 13.5. The number of carbonyl (C=O) groups excluding carboxylic acids is 1. The number of amides is 1. The molecule has 2 aromatic heterocycles. The van der Waals surface area contributed by atoms with Gasteiger partial charge in [0.25, 0.3) is 0 Å². The molecule has 2 heterocycles. The first-order valence-corrected chi connectivity index (χ1v) is 8.09. The fourth-order valence-electron chi connectivity index (χ4n) is 2.13. The number of nitrogens with one attached hydrogen (secondary N) is 1. The van der Waals surface area contributed by atoms with Crippen molar-refractivity contribution in [2.45, 2.75) is 6.92 Å². The quantitative estimate of drug-likeness (QED) is 0.704. The predicted molar refractivity (Wildman–Crippen MR) is 96.4 cm³/mol. The molecular weight excluding hydrogens is 304 g/mol. The van der Waals surface area contributed by atoms with Crippen LogP contribution in [-0.2, 0) is 4.79 Å². The summed E-state index contributed by atoms with van der Waals surface area (Å²) in [5.41, 5.74) is 2.91. The number of thiophene rings is 1. The number of anilines is 1. The monoisotopic (exact) mass is 320 g/mol. The third-order valence-corrected chi connectivity index (χ3v) is 4.48. The van der Waals surface area contributed by atoms with Gasteiger partial charge in [0.2, 0.25) is 5.91 Å². The van der Waals surface area contributed by atoms with Gasteiger partial charge in [0.05, 0.1) is 11.9 Å². The lowest BCUT2D eigenvalue weighted by Gasteiger charge is -2.04. The number of pyridine rings is 1. The molecule has 1 amide bonds. The van der Waals surface area contributed by atoms with E-state index in [2.05, 4.69) is 28.5 Å². The van der Waals surface area contributed by atoms with Crippen molar-refractivity contribution in [3.05, 3.63) is 77.4 Å². The second-order valence-corrected chi connectivity index (χ2v) is 6.20. The standard InChI is InChI=1S/C19H16N2OS/c1-14-11-12-20-13-17(14)21-19(22)10-8-16-7-9-18(23-16)15-5-3-2-4-6-15/h2-13H,1H3,(H,21,22). The molecule has 1 N–H and O–H groups in total. The molecule has 4 heteroatoms. The van der Waals surface area contributed by atoms with Gasteiger partial charge in [-0.05, 0) is 42.3 Å². The summed E-state index contributed by atoms with van der Waals surface area (Å²) < 4.78 is 0. The van der Waals surface area contributed by atoms with Gasteiger partial charge >= 0.3 is 0 Å². The van der Waals surface area contributed by atoms with Crippen LogP contribution in [0.5, 0.6) is 0 Å². The van der Waals surface area contributed by atoms with E-state index in [-0.39, 0.29) is 5.91 Å². The molecule has 3 nitrogen and oxygen atoms in total. The second-order valence-electron chi connectivity index (χ2n) is 5.08. The van der Waals surface area contributed by atoms with Crippen LogP contribution in [0.25, 0.3) is 16.5 Å². The Bertz CT molecular complexity index is 837. The van der Waals surface area contributed by atoms with Crippen LogP contribution in [0.2, 0.25) is 0 Å². The minimum Gasteiger partial charge on any atom is -0.321 e. The van der Waals surface area contributed by atoms with E-state index < -0.39 is 0 Å². The van der Waals surface area contributed by atoms with Crippen LogP contribution in [0.1, 0.15) is 10.4 Å². The van der Waals surface area contributed by atoms with Gasteiger partial charge in [-0.2, -0.15) is 0 Å². The summed E-state index contributed by atoms with van der Waals surface area (Å²) in [6.07, 6.45) is 6.74. The van der Waals surface area contributed by atoms with Crippen LogP contribution < -0.4 is 5.32 Å². The number of hydrogen-bond donors (Lipinski definition) is 1. The first kappa shape index (κ1) is 15.2. The summed E-state index contributed by atoms with van der Waals surface area (Å²) in [7, 11) is 0. The molecule has 0 radical (unpaired) electrons. The van der Waals surface area contributed by atoms with Crippen LogP contribution in [-0.4, -0.2) is 10.9 Å². The SMILES string of the molecule is Cc1ccncc1NC(=O)C=Cc1ccc(-c2ccccc2)s1. The van der Waals surface area contributed by atoms with Gasteiger partial charge in [0.1, 0.15) is 0 Å². The fraction of sp³-hybridized carbons (Fsp3) is 0.0526. The Balaban J connectivity index is 1.68. The second kappa shape index (κ2) is 7.03. The molecule has 0 aliphatic heterocycles. The lowest BCUT2D eigenvalue weighted by atomic mass is 10.2. The van der Waals surface area contributed by atoms with E-state index in [1.807, 2.05) is 43.3 Å². The number of nitrogens with zero attached hydrogens (tertiary/aromatic N) is 1. The molecule has 0 aliphatic carbocycles. The molecule has 0 bridgehead atoms. The Morgan fingerprint density at radius 1 is 1.13 bits per heavy atom. The molecule has 0 atom stereocenters. The van der Waals surface area contributed by atoms with E-state index >= 15 is 0 Å². The highest BCUT2D eigenvalue weighted by atomic mass is 32.1. The van der Waals surface area contributed by atoms with Crippen LogP contribution in [0, 0.1) is 6.92 Å². The van der Waals surface area contributed by atoms with Gasteiger partial charge in [-0.15, -0.1) is 11.3 Å². The Kier molecular flexibility index (Phi) is 4.64. The van der Waals surface area contributed by atoms with Gasteiger partial charge in [-0.1, -0.05) is 30.3 Å². The summed E-state index contributed by atoms with van der Waals surface area (Å²) in [6.45, 7) is 1.94. The zero-order valence-electron chi connectivity index (χ0n) is 12.7. The molecule has 0 saturated heterocycles. The van der Waals surface area contributed by atoms with E-state index in [1.165, 1.54) is 10.4 Å². The maximum Gasteiger partial charge on any atom is 0.248 e. The molecule has 114 valence electrons. The van der Waals surface area contributed by atoms with E-state index in [0.29, 0.717) is 0 Å². The Hall–Kier alpha value is -2.72. The maximum absolute atomic E-state index is 12.0. The van der Waals surface area contributed by atoms with Crippen molar-refractivity contribution in [1.29, 1.82) is 0 Å². The fourth-order valence-corrected chi connectivity index (χ4v) is 3.04. The van der Waals surface area contributed by atoms with Crippen molar-refractivity contribution in [1.82, 2.24) is 4.98 Å². The summed E-state index contributed by atoms with van der Waals surface area (Å²) in [6, 6.07) is 16.2. The average molecular weight is 320 g/mol. The van der Waals surface area contributed by atoms with Crippen LogP contribution in [0.4, 0.5) is 5.69 Å². The van der Waals surface area contributed by atoms with Crippen LogP contribution >= 0.6 is 11.3 Å². The number of hydrogen-bond acceptors (Lipinski definition) is 3. The third-order valence-electron chi connectivity index (χ3n) is 3.38. The van der Waals surface area contributed by atoms with E-state index in [4.69, 9.17) is 0 Å². The molecule has 23 heavy (non-hydrogen) atoms. The first-order chi connectivity index (χ1) is 11.2. The molecule has 0 saturated carbocycles.